The van der Waals surface area contributed by atoms with E-state index in [-0.39, 0.29) is 73.6 Å². The molecule has 1 aliphatic rings. The lowest BCUT2D eigenvalue weighted by molar-refractivity contribution is -0.110. The van der Waals surface area contributed by atoms with Gasteiger partial charge < -0.3 is 39.2 Å². The number of aliphatic hydroxyl groups excluding tert-OH is 2. The van der Waals surface area contributed by atoms with Crippen molar-refractivity contribution in [3.63, 3.8) is 0 Å². The predicted octanol–water partition coefficient (Wildman–Crippen LogP) is 7.56. The Morgan fingerprint density at radius 1 is 0.629 bits per heavy atom. The number of esters is 4. The van der Waals surface area contributed by atoms with Crippen LogP contribution in [0.25, 0.3) is 0 Å². The maximum Gasteiger partial charge on any atom is 0.338 e. The van der Waals surface area contributed by atoms with Gasteiger partial charge in [0, 0.05) is 17.7 Å². The minimum Gasteiger partial charge on any atom is -0.458 e. The van der Waals surface area contributed by atoms with Crippen LogP contribution in [0.4, 0.5) is 0 Å². The molecule has 5 aromatic rings. The molecule has 0 aromatic heterocycles. The fourth-order valence-electron chi connectivity index (χ4n) is 7.66. The van der Waals surface area contributed by atoms with Crippen molar-refractivity contribution in [1.82, 2.24) is 10.2 Å². The highest BCUT2D eigenvalue weighted by molar-refractivity contribution is 6.21. The first-order valence-electron chi connectivity index (χ1n) is 22.9. The molecule has 6 rings (SSSR count). The van der Waals surface area contributed by atoms with E-state index >= 15 is 0 Å². The van der Waals surface area contributed by atoms with E-state index in [4.69, 9.17) is 28.8 Å². The number of carbonyl (C=O) groups excluding carboxylic acids is 7. The van der Waals surface area contributed by atoms with Crippen molar-refractivity contribution in [2.24, 2.45) is 0 Å². The Morgan fingerprint density at radius 2 is 1.13 bits per heavy atom. The second kappa shape index (κ2) is 23.7. The van der Waals surface area contributed by atoms with Crippen molar-refractivity contribution in [1.29, 1.82) is 0 Å². The van der Waals surface area contributed by atoms with Gasteiger partial charge in [0.05, 0.1) is 53.1 Å². The maximum atomic E-state index is 13.4. The van der Waals surface area contributed by atoms with Gasteiger partial charge in [0.25, 0.3) is 17.7 Å². The summed E-state index contributed by atoms with van der Waals surface area (Å²) in [7, 11) is 0. The summed E-state index contributed by atoms with van der Waals surface area (Å²) in [5, 5.41) is 21.8. The van der Waals surface area contributed by atoms with Crippen LogP contribution in [-0.2, 0) is 36.8 Å². The topological polar surface area (TPSA) is 221 Å². The molecule has 2 unspecified atom stereocenters. The Morgan fingerprint density at radius 3 is 1.67 bits per heavy atom. The number of aliphatic hydroxyl groups is 2. The van der Waals surface area contributed by atoms with Crippen LogP contribution in [0, 0.1) is 0 Å². The van der Waals surface area contributed by atoms with Gasteiger partial charge in [-0.25, -0.2) is 19.2 Å². The molecule has 0 aliphatic carbocycles. The molecule has 16 heteroatoms. The molecule has 3 amide bonds. The zero-order chi connectivity index (χ0) is 50.4. The molecule has 2 atom stereocenters. The van der Waals surface area contributed by atoms with E-state index in [1.807, 2.05) is 19.1 Å². The van der Waals surface area contributed by atoms with Gasteiger partial charge in [-0.2, -0.15) is 0 Å². The van der Waals surface area contributed by atoms with E-state index < -0.39 is 47.3 Å². The standard InChI is InChI=1S/C54H56N2O14/c1-5-27-53(4,69-51(64)41-23-21-40(22-24-41)50(63)68-34-54(6-2,7-3)70-52(65)42-25-19-38(20-26-42)48(61)66-29-28-57)33-67-49(62)39-17-15-37(16-18-39)45(58)55-31-35-11-10-12-36(30-35)32-56-46(59)43-13-8-9-14-44(43)47(56)60/h8-26,30,48,57,61H,5-7,27-29,31-34H2,1-4H3,(H,55,58). The molecular weight excluding hydrogens is 901 g/mol. The summed E-state index contributed by atoms with van der Waals surface area (Å²) in [5.74, 6) is -3.86. The minimum atomic E-state index is -1.27. The average Bonchev–Trinajstić information content (AvgIpc) is 3.62. The van der Waals surface area contributed by atoms with Gasteiger partial charge in [0.15, 0.2) is 6.29 Å². The quantitative estimate of drug-likeness (QED) is 0.0249. The van der Waals surface area contributed by atoms with Gasteiger partial charge in [0.2, 0.25) is 0 Å². The highest BCUT2D eigenvalue weighted by atomic mass is 16.6. The predicted molar refractivity (Wildman–Crippen MR) is 254 cm³/mol. The van der Waals surface area contributed by atoms with Gasteiger partial charge in [-0.15, -0.1) is 0 Å². The van der Waals surface area contributed by atoms with Crippen molar-refractivity contribution in [3.8, 4) is 0 Å². The van der Waals surface area contributed by atoms with Crippen LogP contribution in [0.15, 0.2) is 121 Å². The highest BCUT2D eigenvalue weighted by Crippen LogP contribution is 2.27. The molecular formula is C54H56N2O14. The second-order valence-electron chi connectivity index (χ2n) is 17.0. The number of benzene rings is 5. The fraction of sp³-hybridized carbons (Fsp3) is 0.315. The lowest BCUT2D eigenvalue weighted by atomic mass is 9.98. The lowest BCUT2D eigenvalue weighted by Crippen LogP contribution is -2.39. The monoisotopic (exact) mass is 956 g/mol. The molecule has 16 nitrogen and oxygen atoms in total. The zero-order valence-corrected chi connectivity index (χ0v) is 39.4. The lowest BCUT2D eigenvalue weighted by Gasteiger charge is -2.31. The first-order valence-corrected chi connectivity index (χ1v) is 22.9. The van der Waals surface area contributed by atoms with Gasteiger partial charge in [-0.05, 0) is 110 Å². The molecule has 5 aromatic carbocycles. The fourth-order valence-corrected chi connectivity index (χ4v) is 7.66. The summed E-state index contributed by atoms with van der Waals surface area (Å²) in [4.78, 5) is 92.7. The Kier molecular flexibility index (Phi) is 17.5. The van der Waals surface area contributed by atoms with Crippen LogP contribution in [0.2, 0.25) is 0 Å². The van der Waals surface area contributed by atoms with Gasteiger partial charge in [-0.1, -0.05) is 75.7 Å². The van der Waals surface area contributed by atoms with Crippen LogP contribution >= 0.6 is 0 Å². The Balaban J connectivity index is 0.965. The third-order valence-corrected chi connectivity index (χ3v) is 11.9. The van der Waals surface area contributed by atoms with Crippen molar-refractivity contribution >= 4 is 41.6 Å². The first-order chi connectivity index (χ1) is 33.6. The number of rotatable bonds is 23. The van der Waals surface area contributed by atoms with Gasteiger partial charge in [-0.3, -0.25) is 19.3 Å². The molecule has 3 N–H and O–H groups in total. The molecule has 0 bridgehead atoms. The Labute approximate surface area is 405 Å². The molecule has 1 heterocycles. The minimum absolute atomic E-state index is 0.0574. The van der Waals surface area contributed by atoms with Crippen LogP contribution in [-0.4, -0.2) is 94.3 Å². The van der Waals surface area contributed by atoms with Crippen LogP contribution in [0.1, 0.15) is 149 Å². The first kappa shape index (κ1) is 51.9. The molecule has 0 saturated heterocycles. The summed E-state index contributed by atoms with van der Waals surface area (Å²) < 4.78 is 28.0. The number of ether oxygens (including phenoxy) is 5. The van der Waals surface area contributed by atoms with Crippen molar-refractivity contribution in [3.05, 3.63) is 177 Å². The van der Waals surface area contributed by atoms with Gasteiger partial charge in [0.1, 0.15) is 24.4 Å². The number of fused-ring (bicyclic) bond motifs is 1. The van der Waals surface area contributed by atoms with Crippen LogP contribution in [0.3, 0.4) is 0 Å². The van der Waals surface area contributed by atoms with Crippen molar-refractivity contribution in [2.75, 3.05) is 26.4 Å². The number of imide groups is 1. The maximum absolute atomic E-state index is 13.4. The normalized spacial score (nSPS) is 13.4. The van der Waals surface area contributed by atoms with E-state index in [2.05, 4.69) is 5.32 Å². The van der Waals surface area contributed by atoms with Crippen molar-refractivity contribution < 1.29 is 67.5 Å². The van der Waals surface area contributed by atoms with Gasteiger partial charge >= 0.3 is 23.9 Å². The average molecular weight is 957 g/mol. The smallest absolute Gasteiger partial charge is 0.338 e. The molecule has 0 spiro atoms. The molecule has 0 radical (unpaired) electrons. The largest absolute Gasteiger partial charge is 0.458 e. The highest BCUT2D eigenvalue weighted by Gasteiger charge is 2.36. The summed E-state index contributed by atoms with van der Waals surface area (Å²) in [6, 6.07) is 31.4. The third-order valence-electron chi connectivity index (χ3n) is 11.9. The molecule has 70 heavy (non-hydrogen) atoms. The van der Waals surface area contributed by atoms with E-state index in [1.54, 1.807) is 57.2 Å². The number of amides is 3. The van der Waals surface area contributed by atoms with E-state index in [1.165, 1.54) is 77.7 Å². The number of carbonyl (C=O) groups is 7. The summed E-state index contributed by atoms with van der Waals surface area (Å²) in [6.45, 7) is 6.58. The SMILES string of the molecule is CCCC(C)(COC(=O)c1ccc(C(=O)NCc2cccc(CN3C(=O)c4ccccc4C3=O)c2)cc1)OC(=O)c1ccc(C(=O)OCC(CC)(CC)OC(=O)c2ccc(C(O)OCCO)cc2)cc1. The molecule has 366 valence electrons. The third kappa shape index (κ3) is 13.0. The Hall–Kier alpha value is -7.53. The number of hydrogen-bond donors (Lipinski definition) is 3. The van der Waals surface area contributed by atoms with E-state index in [0.29, 0.717) is 47.9 Å². The summed E-state index contributed by atoms with van der Waals surface area (Å²) >= 11 is 0. The second-order valence-corrected chi connectivity index (χ2v) is 17.0. The summed E-state index contributed by atoms with van der Waals surface area (Å²) in [6.07, 6.45) is 0.354. The molecule has 1 aliphatic heterocycles. The Bertz CT molecular complexity index is 2640. The van der Waals surface area contributed by atoms with Crippen LogP contribution < -0.4 is 5.32 Å². The zero-order valence-electron chi connectivity index (χ0n) is 39.4. The van der Waals surface area contributed by atoms with E-state index in [0.717, 1.165) is 11.1 Å². The van der Waals surface area contributed by atoms with Crippen LogP contribution in [0.5, 0.6) is 0 Å². The summed E-state index contributed by atoms with van der Waals surface area (Å²) in [5.41, 5.74) is 1.22. The molecule has 0 fully saturated rings. The number of nitrogens with zero attached hydrogens (tertiary/aromatic N) is 1. The van der Waals surface area contributed by atoms with Crippen molar-refractivity contribution in [2.45, 2.75) is 84.0 Å². The number of hydrogen-bond acceptors (Lipinski definition) is 14. The number of nitrogens with one attached hydrogen (secondary N) is 1. The van der Waals surface area contributed by atoms with E-state index in [9.17, 15) is 38.7 Å². The molecule has 0 saturated carbocycles.